The van der Waals surface area contributed by atoms with Crippen LogP contribution in [0.2, 0.25) is 0 Å². The molecule has 0 fully saturated rings. The third-order valence-electron chi connectivity index (χ3n) is 2.11. The zero-order valence-electron chi connectivity index (χ0n) is 8.82. The molecule has 7 nitrogen and oxygen atoms in total. The molecule has 0 aliphatic rings. The molecule has 0 unspecified atom stereocenters. The molecule has 92 valence electrons. The second-order valence-electron chi connectivity index (χ2n) is 3.25. The number of carbonyl (C=O) groups excluding carboxylic acids is 1. The van der Waals surface area contributed by atoms with Crippen molar-refractivity contribution in [3.8, 4) is 5.75 Å². The van der Waals surface area contributed by atoms with Crippen molar-refractivity contribution < 1.29 is 19.8 Å². The van der Waals surface area contributed by atoms with Gasteiger partial charge >= 0.3 is 5.97 Å². The van der Waals surface area contributed by atoms with E-state index < -0.39 is 17.6 Å². The van der Waals surface area contributed by atoms with Gasteiger partial charge in [0.25, 0.3) is 5.91 Å². The highest BCUT2D eigenvalue weighted by molar-refractivity contribution is 6.99. The lowest BCUT2D eigenvalue weighted by Gasteiger charge is -2.07. The van der Waals surface area contributed by atoms with Crippen molar-refractivity contribution in [2.45, 2.75) is 0 Å². The summed E-state index contributed by atoms with van der Waals surface area (Å²) in [7, 11) is 0. The van der Waals surface area contributed by atoms with Crippen LogP contribution in [0.5, 0.6) is 5.75 Å². The lowest BCUT2D eigenvalue weighted by atomic mass is 10.1. The van der Waals surface area contributed by atoms with E-state index in [-0.39, 0.29) is 16.9 Å². The number of carboxylic acids is 1. The molecule has 3 N–H and O–H groups in total. The molecule has 0 radical (unpaired) electrons. The Morgan fingerprint density at radius 1 is 1.33 bits per heavy atom. The summed E-state index contributed by atoms with van der Waals surface area (Å²) in [5.74, 6) is -2.35. The second-order valence-corrected chi connectivity index (χ2v) is 3.81. The summed E-state index contributed by atoms with van der Waals surface area (Å²) in [6, 6.07) is 4.04. The van der Waals surface area contributed by atoms with Crippen molar-refractivity contribution >= 4 is 29.3 Å². The van der Waals surface area contributed by atoms with E-state index in [0.29, 0.717) is 0 Å². The van der Waals surface area contributed by atoms with Crippen LogP contribution in [0.1, 0.15) is 20.8 Å². The Hall–Kier alpha value is -2.48. The summed E-state index contributed by atoms with van der Waals surface area (Å²) in [5, 5.41) is 20.9. The molecule has 1 aromatic heterocycles. The minimum absolute atomic E-state index is 0.00731. The molecule has 0 saturated carbocycles. The lowest BCUT2D eigenvalue weighted by Crippen LogP contribution is -2.13. The van der Waals surface area contributed by atoms with Crippen LogP contribution >= 0.6 is 11.7 Å². The number of nitrogens with zero attached hydrogens (tertiary/aromatic N) is 2. The zero-order chi connectivity index (χ0) is 13.1. The number of anilines is 1. The Bertz CT molecular complexity index is 597. The van der Waals surface area contributed by atoms with E-state index in [1.165, 1.54) is 24.4 Å². The molecule has 0 aliphatic carbocycles. The summed E-state index contributed by atoms with van der Waals surface area (Å²) in [6.45, 7) is 0. The van der Waals surface area contributed by atoms with Crippen LogP contribution in [-0.4, -0.2) is 30.8 Å². The number of benzene rings is 1. The van der Waals surface area contributed by atoms with Crippen molar-refractivity contribution in [3.63, 3.8) is 0 Å². The SMILES string of the molecule is O=C(Nc1cccc(C(=O)O)c1O)c1cnsn1. The van der Waals surface area contributed by atoms with E-state index in [1.54, 1.807) is 0 Å². The van der Waals surface area contributed by atoms with Gasteiger partial charge in [0.15, 0.2) is 11.4 Å². The quantitative estimate of drug-likeness (QED) is 0.718. The second kappa shape index (κ2) is 4.80. The maximum absolute atomic E-state index is 11.6. The number of aromatic carboxylic acids is 1. The van der Waals surface area contributed by atoms with Gasteiger partial charge in [-0.05, 0) is 12.1 Å². The number of hydrogen-bond donors (Lipinski definition) is 3. The van der Waals surface area contributed by atoms with Crippen molar-refractivity contribution in [1.29, 1.82) is 0 Å². The maximum Gasteiger partial charge on any atom is 0.339 e. The zero-order valence-corrected chi connectivity index (χ0v) is 9.64. The van der Waals surface area contributed by atoms with Crippen LogP contribution in [-0.2, 0) is 0 Å². The molecule has 8 heteroatoms. The van der Waals surface area contributed by atoms with Crippen LogP contribution in [0, 0.1) is 0 Å². The number of amides is 1. The Kier molecular flexibility index (Phi) is 3.20. The summed E-state index contributed by atoms with van der Waals surface area (Å²) in [6.07, 6.45) is 1.28. The number of hydrogen-bond acceptors (Lipinski definition) is 6. The third-order valence-corrected chi connectivity index (χ3v) is 2.59. The van der Waals surface area contributed by atoms with Gasteiger partial charge in [0.05, 0.1) is 23.6 Å². The van der Waals surface area contributed by atoms with E-state index >= 15 is 0 Å². The largest absolute Gasteiger partial charge is 0.505 e. The molecule has 0 bridgehead atoms. The number of carbonyl (C=O) groups is 2. The van der Waals surface area contributed by atoms with Crippen LogP contribution in [0.15, 0.2) is 24.4 Å². The molecule has 0 saturated heterocycles. The van der Waals surface area contributed by atoms with Crippen molar-refractivity contribution in [1.82, 2.24) is 8.75 Å². The van der Waals surface area contributed by atoms with Gasteiger partial charge in [-0.25, -0.2) is 4.79 Å². The van der Waals surface area contributed by atoms with Gasteiger partial charge in [-0.2, -0.15) is 8.75 Å². The molecule has 1 amide bonds. The van der Waals surface area contributed by atoms with E-state index in [0.717, 1.165) is 11.7 Å². The average molecular weight is 265 g/mol. The van der Waals surface area contributed by atoms with Gasteiger partial charge in [0.2, 0.25) is 0 Å². The standard InChI is InChI=1S/C10H7N3O4S/c14-8-5(10(16)17)2-1-3-6(8)12-9(15)7-4-11-18-13-7/h1-4,14H,(H,12,15)(H,16,17). The Balaban J connectivity index is 2.27. The minimum atomic E-state index is -1.28. The fourth-order valence-corrected chi connectivity index (χ4v) is 1.68. The fraction of sp³-hybridized carbons (Fsp3) is 0. The highest BCUT2D eigenvalue weighted by atomic mass is 32.1. The molecule has 1 aromatic carbocycles. The lowest BCUT2D eigenvalue weighted by molar-refractivity contribution is 0.0693. The Morgan fingerprint density at radius 2 is 2.11 bits per heavy atom. The van der Waals surface area contributed by atoms with Crippen LogP contribution in [0.4, 0.5) is 5.69 Å². The summed E-state index contributed by atoms with van der Waals surface area (Å²) >= 11 is 0.873. The molecule has 0 aliphatic heterocycles. The fourth-order valence-electron chi connectivity index (χ4n) is 1.27. The highest BCUT2D eigenvalue weighted by Gasteiger charge is 2.16. The van der Waals surface area contributed by atoms with Gasteiger partial charge in [-0.3, -0.25) is 4.79 Å². The number of aromatic hydroxyl groups is 1. The predicted octanol–water partition coefficient (Wildman–Crippen LogP) is 1.19. The minimum Gasteiger partial charge on any atom is -0.505 e. The molecule has 2 aromatic rings. The third kappa shape index (κ3) is 2.28. The Morgan fingerprint density at radius 3 is 2.72 bits per heavy atom. The van der Waals surface area contributed by atoms with Crippen LogP contribution < -0.4 is 5.32 Å². The van der Waals surface area contributed by atoms with E-state index in [1.807, 2.05) is 0 Å². The van der Waals surface area contributed by atoms with Crippen molar-refractivity contribution in [2.75, 3.05) is 5.32 Å². The number of nitrogens with one attached hydrogen (secondary N) is 1. The molecule has 0 spiro atoms. The Labute approximate surface area is 105 Å². The first-order chi connectivity index (χ1) is 8.59. The smallest absolute Gasteiger partial charge is 0.339 e. The summed E-state index contributed by atoms with van der Waals surface area (Å²) < 4.78 is 7.39. The topological polar surface area (TPSA) is 112 Å². The normalized spacial score (nSPS) is 10.0. The number of phenols is 1. The van der Waals surface area contributed by atoms with Gasteiger partial charge < -0.3 is 15.5 Å². The number of carboxylic acid groups (broad SMARTS) is 1. The average Bonchev–Trinajstić information content (AvgIpc) is 2.85. The van der Waals surface area contributed by atoms with Gasteiger partial charge in [0.1, 0.15) is 5.56 Å². The monoisotopic (exact) mass is 265 g/mol. The van der Waals surface area contributed by atoms with Crippen molar-refractivity contribution in [2.24, 2.45) is 0 Å². The van der Waals surface area contributed by atoms with Crippen LogP contribution in [0.3, 0.4) is 0 Å². The van der Waals surface area contributed by atoms with Crippen LogP contribution in [0.25, 0.3) is 0 Å². The molecule has 0 atom stereocenters. The van der Waals surface area contributed by atoms with E-state index in [4.69, 9.17) is 5.11 Å². The first-order valence-electron chi connectivity index (χ1n) is 4.74. The molecule has 1 heterocycles. The van der Waals surface area contributed by atoms with Gasteiger partial charge in [-0.15, -0.1) is 0 Å². The molecular weight excluding hydrogens is 258 g/mol. The molecular formula is C10H7N3O4S. The number of rotatable bonds is 3. The first kappa shape index (κ1) is 12.0. The van der Waals surface area contributed by atoms with E-state index in [2.05, 4.69) is 14.1 Å². The van der Waals surface area contributed by atoms with E-state index in [9.17, 15) is 14.7 Å². The number of para-hydroxylation sites is 1. The van der Waals surface area contributed by atoms with Crippen molar-refractivity contribution in [3.05, 3.63) is 35.7 Å². The first-order valence-corrected chi connectivity index (χ1v) is 5.47. The highest BCUT2D eigenvalue weighted by Crippen LogP contribution is 2.27. The number of aromatic nitrogens is 2. The van der Waals surface area contributed by atoms with Gasteiger partial charge in [0, 0.05) is 0 Å². The summed E-state index contributed by atoms with van der Waals surface area (Å²) in [4.78, 5) is 22.4. The van der Waals surface area contributed by atoms with Gasteiger partial charge in [-0.1, -0.05) is 6.07 Å². The molecule has 18 heavy (non-hydrogen) atoms. The molecule has 2 rings (SSSR count). The summed E-state index contributed by atoms with van der Waals surface area (Å²) in [5.41, 5.74) is -0.183. The predicted molar refractivity (Wildman–Crippen MR) is 62.9 cm³/mol. The maximum atomic E-state index is 11.6.